The molecule has 8 nitrogen and oxygen atoms in total. The Hall–Kier alpha value is -2.11. The molecule has 1 aliphatic heterocycles. The molecule has 3 rings (SSSR count). The van der Waals surface area contributed by atoms with E-state index >= 15 is 0 Å². The van der Waals surface area contributed by atoms with Gasteiger partial charge in [0.05, 0.1) is 17.1 Å². The van der Waals surface area contributed by atoms with Gasteiger partial charge in [0.1, 0.15) is 0 Å². The van der Waals surface area contributed by atoms with Gasteiger partial charge in [-0.1, -0.05) is 0 Å². The first-order chi connectivity index (χ1) is 12.9. The molecule has 1 saturated heterocycles. The molecule has 0 atom stereocenters. The summed E-state index contributed by atoms with van der Waals surface area (Å²) in [6, 6.07) is 6.96. The van der Waals surface area contributed by atoms with Crippen molar-refractivity contribution in [2.24, 2.45) is 0 Å². The average Bonchev–Trinajstić information content (AvgIpc) is 2.65. The predicted octanol–water partition coefficient (Wildman–Crippen LogP) is -1.69. The van der Waals surface area contributed by atoms with E-state index in [9.17, 15) is 0 Å². The van der Waals surface area contributed by atoms with Crippen LogP contribution in [0.5, 0.6) is 5.75 Å². The van der Waals surface area contributed by atoms with Gasteiger partial charge in [-0.15, -0.1) is 0 Å². The minimum absolute atomic E-state index is 0.0988. The summed E-state index contributed by atoms with van der Waals surface area (Å²) in [6.45, 7) is 1.61. The van der Waals surface area contributed by atoms with E-state index in [0.717, 1.165) is 11.1 Å². The molecule has 10 N–H and O–H groups in total. The fourth-order valence-corrected chi connectivity index (χ4v) is 3.94. The molecule has 0 radical (unpaired) electrons. The van der Waals surface area contributed by atoms with E-state index in [0.29, 0.717) is 51.3 Å². The van der Waals surface area contributed by atoms with Gasteiger partial charge in [0.25, 0.3) is 0 Å². The van der Waals surface area contributed by atoms with E-state index in [1.165, 1.54) is 0 Å². The molecule has 1 aliphatic rings. The second-order valence-corrected chi connectivity index (χ2v) is 9.33. The van der Waals surface area contributed by atoms with Crippen molar-refractivity contribution in [3.63, 3.8) is 0 Å². The fraction of sp³-hybridized carbons (Fsp3) is 0.333. The SMILES string of the molecule is C[I-]C1COC(c2cc(N)c(OCc3cc(N)c(N)c(N)c3)c(N)c2)OC1. The van der Waals surface area contributed by atoms with E-state index in [2.05, 4.69) is 4.93 Å². The predicted molar refractivity (Wildman–Crippen MR) is 104 cm³/mol. The number of anilines is 5. The molecule has 2 aromatic rings. The van der Waals surface area contributed by atoms with Gasteiger partial charge in [0, 0.05) is 0 Å². The zero-order chi connectivity index (χ0) is 19.6. The van der Waals surface area contributed by atoms with Crippen molar-refractivity contribution < 1.29 is 35.4 Å². The Kier molecular flexibility index (Phi) is 6.02. The second kappa shape index (κ2) is 8.28. The van der Waals surface area contributed by atoms with Gasteiger partial charge in [-0.25, -0.2) is 0 Å². The molecule has 148 valence electrons. The van der Waals surface area contributed by atoms with E-state index in [1.807, 2.05) is 0 Å². The Morgan fingerprint density at radius 1 is 0.926 bits per heavy atom. The third-order valence-electron chi connectivity index (χ3n) is 4.29. The van der Waals surface area contributed by atoms with Crippen LogP contribution in [0.4, 0.5) is 28.4 Å². The summed E-state index contributed by atoms with van der Waals surface area (Å²) < 4.78 is 17.9. The van der Waals surface area contributed by atoms with Crippen molar-refractivity contribution in [2.45, 2.75) is 16.8 Å². The summed E-state index contributed by atoms with van der Waals surface area (Å²) in [5.41, 5.74) is 33.3. The summed E-state index contributed by atoms with van der Waals surface area (Å²) in [6.07, 6.45) is -0.452. The molecule has 0 saturated carbocycles. The Morgan fingerprint density at radius 2 is 1.48 bits per heavy atom. The number of nitrogen functional groups attached to an aromatic ring is 5. The summed E-state index contributed by atoms with van der Waals surface area (Å²) in [5.74, 6) is 0.404. The van der Waals surface area contributed by atoms with Gasteiger partial charge in [-0.05, 0) is 0 Å². The maximum atomic E-state index is 6.15. The van der Waals surface area contributed by atoms with E-state index in [4.69, 9.17) is 42.9 Å². The molecular weight excluding hydrogens is 461 g/mol. The molecule has 2 aromatic carbocycles. The first kappa shape index (κ1) is 19.6. The summed E-state index contributed by atoms with van der Waals surface area (Å²) >= 11 is 0.0988. The van der Waals surface area contributed by atoms with Gasteiger partial charge >= 0.3 is 134 Å². The molecular formula is C18H25IN5O3-. The first-order valence-corrected chi connectivity index (χ1v) is 11.8. The van der Waals surface area contributed by atoms with E-state index in [1.54, 1.807) is 24.3 Å². The normalized spacial score (nSPS) is 19.9. The van der Waals surface area contributed by atoms with Crippen LogP contribution in [-0.2, 0) is 16.1 Å². The Labute approximate surface area is 168 Å². The van der Waals surface area contributed by atoms with Crippen LogP contribution in [0.2, 0.25) is 0 Å². The number of halogens is 1. The number of hydrogen-bond acceptors (Lipinski definition) is 8. The van der Waals surface area contributed by atoms with Crippen molar-refractivity contribution in [2.75, 3.05) is 46.8 Å². The number of ether oxygens (including phenoxy) is 3. The zero-order valence-corrected chi connectivity index (χ0v) is 17.2. The molecule has 0 bridgehead atoms. The van der Waals surface area contributed by atoms with Gasteiger partial charge < -0.3 is 17.2 Å². The number of rotatable bonds is 5. The van der Waals surface area contributed by atoms with Crippen LogP contribution in [0.1, 0.15) is 17.4 Å². The quantitative estimate of drug-likeness (QED) is 0.190. The molecule has 0 aliphatic carbocycles. The maximum absolute atomic E-state index is 6.15. The standard InChI is InChI=1S/C18H25IN5O3/c1-19-11-7-26-18(27-8-11)10-4-14(22)17(15(23)5-10)25-6-9-2-12(20)16(24)13(21)3-9/h2-5,11,18H,6-8,20-24H2,1H3/q-1. The molecule has 1 fully saturated rings. The third-order valence-corrected chi connectivity index (χ3v) is 6.77. The molecule has 0 aromatic heterocycles. The fourth-order valence-electron chi connectivity index (χ4n) is 2.80. The van der Waals surface area contributed by atoms with Gasteiger partial charge in [-0.3, -0.25) is 0 Å². The van der Waals surface area contributed by atoms with Crippen molar-refractivity contribution in [1.29, 1.82) is 0 Å². The van der Waals surface area contributed by atoms with Crippen LogP contribution < -0.4 is 54.6 Å². The van der Waals surface area contributed by atoms with Crippen LogP contribution in [0.3, 0.4) is 0 Å². The number of hydrogen-bond donors (Lipinski definition) is 5. The van der Waals surface area contributed by atoms with E-state index < -0.39 is 6.29 Å². The van der Waals surface area contributed by atoms with Crippen molar-refractivity contribution in [1.82, 2.24) is 0 Å². The van der Waals surface area contributed by atoms with Crippen molar-refractivity contribution in [3.8, 4) is 5.75 Å². The van der Waals surface area contributed by atoms with Crippen LogP contribution in [0.15, 0.2) is 24.3 Å². The zero-order valence-electron chi connectivity index (χ0n) is 15.1. The first-order valence-electron chi connectivity index (χ1n) is 8.35. The third kappa shape index (κ3) is 4.42. The summed E-state index contributed by atoms with van der Waals surface area (Å²) in [5, 5.41) is 0. The van der Waals surface area contributed by atoms with Crippen LogP contribution in [-0.4, -0.2) is 22.1 Å². The van der Waals surface area contributed by atoms with Gasteiger partial charge in [0.15, 0.2) is 0 Å². The molecule has 9 heteroatoms. The molecule has 0 spiro atoms. The number of alkyl halides is 2. The van der Waals surface area contributed by atoms with Crippen molar-refractivity contribution >= 4 is 28.4 Å². The monoisotopic (exact) mass is 486 g/mol. The average molecular weight is 486 g/mol. The summed E-state index contributed by atoms with van der Waals surface area (Å²) in [4.78, 5) is 2.22. The van der Waals surface area contributed by atoms with Crippen LogP contribution >= 0.6 is 0 Å². The number of benzene rings is 2. The van der Waals surface area contributed by atoms with Crippen molar-refractivity contribution in [3.05, 3.63) is 35.4 Å². The Balaban J connectivity index is 1.72. The Morgan fingerprint density at radius 3 is 2.00 bits per heavy atom. The molecule has 1 heterocycles. The molecule has 0 unspecified atom stereocenters. The van der Waals surface area contributed by atoms with E-state index in [-0.39, 0.29) is 27.8 Å². The van der Waals surface area contributed by atoms with Crippen LogP contribution in [0.25, 0.3) is 0 Å². The molecule has 27 heavy (non-hydrogen) atoms. The second-order valence-electron chi connectivity index (χ2n) is 6.32. The van der Waals surface area contributed by atoms with Crippen LogP contribution in [0, 0.1) is 0 Å². The number of nitrogens with two attached hydrogens (primary N) is 5. The summed E-state index contributed by atoms with van der Waals surface area (Å²) in [7, 11) is 0. The Bertz CT molecular complexity index is 779. The van der Waals surface area contributed by atoms with Gasteiger partial charge in [-0.2, -0.15) is 0 Å². The molecule has 0 amide bonds. The topological polar surface area (TPSA) is 158 Å². The van der Waals surface area contributed by atoms with Gasteiger partial charge in [0.2, 0.25) is 0 Å². The minimum atomic E-state index is -0.452.